The number of hydrogen-bond acceptors (Lipinski definition) is 7. The lowest BCUT2D eigenvalue weighted by atomic mass is 9.60. The normalized spacial score (nSPS) is 18.1. The van der Waals surface area contributed by atoms with E-state index in [2.05, 4.69) is 33.1 Å². The van der Waals surface area contributed by atoms with E-state index in [4.69, 9.17) is 27.8 Å². The van der Waals surface area contributed by atoms with E-state index < -0.39 is 0 Å². The summed E-state index contributed by atoms with van der Waals surface area (Å²) in [6.07, 6.45) is 8.87. The van der Waals surface area contributed by atoms with E-state index in [1.165, 1.54) is 12.3 Å². The molecule has 2 aromatic heterocycles. The van der Waals surface area contributed by atoms with Gasteiger partial charge in [-0.25, -0.2) is 9.97 Å². The first-order valence-corrected chi connectivity index (χ1v) is 13.3. The van der Waals surface area contributed by atoms with Gasteiger partial charge in [-0.2, -0.15) is 5.10 Å². The molecule has 0 unspecified atom stereocenters. The molecule has 3 aromatic rings. The molecule has 196 valence electrons. The van der Waals surface area contributed by atoms with Gasteiger partial charge in [-0.1, -0.05) is 18.2 Å². The number of aryl methyl sites for hydroxylation is 1. The minimum atomic E-state index is -0.000807. The zero-order chi connectivity index (χ0) is 26.8. The molecule has 1 saturated heterocycles. The predicted octanol–water partition coefficient (Wildman–Crippen LogP) is 4.10. The summed E-state index contributed by atoms with van der Waals surface area (Å²) in [7, 11) is 0. The van der Waals surface area contributed by atoms with Crippen LogP contribution >= 0.6 is 11.6 Å². The summed E-state index contributed by atoms with van der Waals surface area (Å²) in [6, 6.07) is 2.05. The lowest BCUT2D eigenvalue weighted by Crippen LogP contribution is -2.63. The summed E-state index contributed by atoms with van der Waals surface area (Å²) in [4.78, 5) is 24.8. The standard InChI is InChI=1S/C28H31ClN8O/c1-4-23(38)36-13-28(14-36)8-19(9-28)37-17(3)24(25-20(10-30)21(31)7-16(2)26(25)29)27(34-37)35-6-5-22-18(12-35)11-32-15-33-22/h4,7,10-11,15,19,30H,1,5-6,8-9,12-14,31H2,2-3H3. The molecule has 2 fully saturated rings. The van der Waals surface area contributed by atoms with Crippen molar-refractivity contribution in [1.82, 2.24) is 24.6 Å². The number of aromatic nitrogens is 4. The Morgan fingerprint density at radius 3 is 2.76 bits per heavy atom. The van der Waals surface area contributed by atoms with Gasteiger partial charge in [0.2, 0.25) is 5.91 Å². The Hall–Kier alpha value is -3.72. The number of nitrogens with zero attached hydrogens (tertiary/aromatic N) is 6. The molecule has 3 N–H and O–H groups in total. The molecule has 4 heterocycles. The number of carbonyl (C=O) groups is 1. The Balaban J connectivity index is 1.42. The molecule has 0 radical (unpaired) electrons. The number of carbonyl (C=O) groups excluding carboxylic acids is 1. The molecule has 1 spiro atoms. The molecule has 1 aromatic carbocycles. The van der Waals surface area contributed by atoms with Crippen molar-refractivity contribution < 1.29 is 4.79 Å². The number of anilines is 2. The molecule has 9 nitrogen and oxygen atoms in total. The number of rotatable bonds is 5. The monoisotopic (exact) mass is 530 g/mol. The summed E-state index contributed by atoms with van der Waals surface area (Å²) in [5, 5.41) is 13.9. The van der Waals surface area contributed by atoms with Crippen molar-refractivity contribution in [1.29, 1.82) is 5.41 Å². The second kappa shape index (κ2) is 8.94. The van der Waals surface area contributed by atoms with Gasteiger partial charge in [0.05, 0.1) is 16.8 Å². The summed E-state index contributed by atoms with van der Waals surface area (Å²) < 4.78 is 2.13. The smallest absolute Gasteiger partial charge is 0.245 e. The van der Waals surface area contributed by atoms with Crippen LogP contribution in [0.4, 0.5) is 11.5 Å². The Kier molecular flexibility index (Phi) is 5.79. The van der Waals surface area contributed by atoms with Crippen LogP contribution in [-0.4, -0.2) is 56.4 Å². The Labute approximate surface area is 226 Å². The average Bonchev–Trinajstić information content (AvgIpc) is 3.20. The SMILES string of the molecule is C=CC(=O)N1CC2(CC(n3nc(N4CCc5ncncc5C4)c(-c4c(Cl)c(C)cc(N)c4C=N)c3C)C2)C1. The fraction of sp³-hybridized carbons (Fsp3) is 0.393. The second-order valence-electron chi connectivity index (χ2n) is 10.9. The van der Waals surface area contributed by atoms with E-state index in [0.29, 0.717) is 22.8 Å². The van der Waals surface area contributed by atoms with Gasteiger partial charge >= 0.3 is 0 Å². The molecule has 6 rings (SSSR count). The number of amides is 1. The van der Waals surface area contributed by atoms with Crippen molar-refractivity contribution in [2.45, 2.75) is 45.7 Å². The van der Waals surface area contributed by atoms with Crippen LogP contribution in [0.15, 0.2) is 31.2 Å². The number of fused-ring (bicyclic) bond motifs is 1. The van der Waals surface area contributed by atoms with Crippen LogP contribution in [0.3, 0.4) is 0 Å². The molecule has 3 aliphatic rings. The molecule has 10 heteroatoms. The maximum atomic E-state index is 12.0. The fourth-order valence-corrected chi connectivity index (χ4v) is 6.72. The van der Waals surface area contributed by atoms with Crippen LogP contribution < -0.4 is 10.6 Å². The number of nitrogens with two attached hydrogens (primary N) is 1. The molecule has 38 heavy (non-hydrogen) atoms. The Bertz CT molecular complexity index is 1480. The third-order valence-corrected chi connectivity index (χ3v) is 8.91. The van der Waals surface area contributed by atoms with Gasteiger partial charge in [0.25, 0.3) is 0 Å². The first-order valence-electron chi connectivity index (χ1n) is 12.9. The van der Waals surface area contributed by atoms with Gasteiger partial charge in [-0.15, -0.1) is 0 Å². The minimum absolute atomic E-state index is 0.000807. The minimum Gasteiger partial charge on any atom is -0.398 e. The molecular formula is C28H31ClN8O. The summed E-state index contributed by atoms with van der Waals surface area (Å²) >= 11 is 6.94. The number of nitrogens with one attached hydrogen (secondary N) is 1. The summed E-state index contributed by atoms with van der Waals surface area (Å²) in [6.45, 7) is 10.6. The predicted molar refractivity (Wildman–Crippen MR) is 149 cm³/mol. The van der Waals surface area contributed by atoms with Gasteiger partial charge in [0, 0.05) is 84.1 Å². The van der Waals surface area contributed by atoms with Crippen LogP contribution in [0.1, 0.15) is 47.0 Å². The molecule has 1 amide bonds. The zero-order valence-corrected chi connectivity index (χ0v) is 22.4. The number of benzene rings is 1. The summed E-state index contributed by atoms with van der Waals surface area (Å²) in [5.41, 5.74) is 13.4. The highest BCUT2D eigenvalue weighted by Gasteiger charge is 2.54. The van der Waals surface area contributed by atoms with Crippen molar-refractivity contribution in [2.75, 3.05) is 30.3 Å². The van der Waals surface area contributed by atoms with Crippen LogP contribution in [0, 0.1) is 24.7 Å². The van der Waals surface area contributed by atoms with E-state index in [9.17, 15) is 4.79 Å². The van der Waals surface area contributed by atoms with E-state index in [0.717, 1.165) is 78.4 Å². The lowest BCUT2D eigenvalue weighted by molar-refractivity contribution is -0.149. The van der Waals surface area contributed by atoms with Crippen LogP contribution in [0.25, 0.3) is 11.1 Å². The molecule has 1 saturated carbocycles. The van der Waals surface area contributed by atoms with Crippen molar-refractivity contribution >= 4 is 35.2 Å². The quantitative estimate of drug-likeness (QED) is 0.291. The van der Waals surface area contributed by atoms with Crippen molar-refractivity contribution in [3.05, 3.63) is 64.3 Å². The molecule has 1 aliphatic carbocycles. The van der Waals surface area contributed by atoms with Crippen molar-refractivity contribution in [3.8, 4) is 11.1 Å². The maximum absolute atomic E-state index is 12.0. The summed E-state index contributed by atoms with van der Waals surface area (Å²) in [5.74, 6) is 0.837. The highest BCUT2D eigenvalue weighted by molar-refractivity contribution is 6.35. The number of likely N-dealkylation sites (tertiary alicyclic amines) is 1. The fourth-order valence-electron chi connectivity index (χ4n) is 6.47. The molecule has 0 bridgehead atoms. The highest BCUT2D eigenvalue weighted by Crippen LogP contribution is 2.55. The third-order valence-electron chi connectivity index (χ3n) is 8.43. The first kappa shape index (κ1) is 24.6. The largest absolute Gasteiger partial charge is 0.398 e. The third kappa shape index (κ3) is 3.71. The second-order valence-corrected chi connectivity index (χ2v) is 11.3. The van der Waals surface area contributed by atoms with Gasteiger partial charge in [0.15, 0.2) is 5.82 Å². The van der Waals surface area contributed by atoms with Crippen LogP contribution in [0.2, 0.25) is 5.02 Å². The number of hydrogen-bond donors (Lipinski definition) is 2. The van der Waals surface area contributed by atoms with Gasteiger partial charge in [0.1, 0.15) is 6.33 Å². The van der Waals surface area contributed by atoms with Crippen molar-refractivity contribution in [3.63, 3.8) is 0 Å². The van der Waals surface area contributed by atoms with Gasteiger partial charge < -0.3 is 20.9 Å². The Morgan fingerprint density at radius 2 is 2.05 bits per heavy atom. The molecule has 2 aliphatic heterocycles. The van der Waals surface area contributed by atoms with E-state index in [-0.39, 0.29) is 17.4 Å². The number of halogens is 1. The first-order chi connectivity index (χ1) is 18.2. The van der Waals surface area contributed by atoms with Crippen LogP contribution in [0.5, 0.6) is 0 Å². The van der Waals surface area contributed by atoms with E-state index >= 15 is 0 Å². The molecular weight excluding hydrogens is 500 g/mol. The number of nitrogen functional groups attached to an aromatic ring is 1. The molecule has 0 atom stereocenters. The van der Waals surface area contributed by atoms with E-state index in [1.54, 1.807) is 6.33 Å². The van der Waals surface area contributed by atoms with Crippen LogP contribution in [-0.2, 0) is 17.8 Å². The Morgan fingerprint density at radius 1 is 1.29 bits per heavy atom. The topological polar surface area (TPSA) is 117 Å². The maximum Gasteiger partial charge on any atom is 0.245 e. The highest BCUT2D eigenvalue weighted by atomic mass is 35.5. The van der Waals surface area contributed by atoms with Gasteiger partial charge in [-0.05, 0) is 44.4 Å². The van der Waals surface area contributed by atoms with Gasteiger partial charge in [-0.3, -0.25) is 9.48 Å². The van der Waals surface area contributed by atoms with Crippen molar-refractivity contribution in [2.24, 2.45) is 5.41 Å². The van der Waals surface area contributed by atoms with E-state index in [1.807, 2.05) is 24.1 Å². The zero-order valence-electron chi connectivity index (χ0n) is 21.7. The lowest BCUT2D eigenvalue weighted by Gasteiger charge is -2.58. The average molecular weight is 531 g/mol.